The van der Waals surface area contributed by atoms with Crippen LogP contribution in [0.3, 0.4) is 0 Å². The van der Waals surface area contributed by atoms with Gasteiger partial charge in [-0.05, 0) is 13.0 Å². The Hall–Kier alpha value is -0.390. The lowest BCUT2D eigenvalue weighted by atomic mass is 10.0. The van der Waals surface area contributed by atoms with Gasteiger partial charge in [0, 0.05) is 27.0 Å². The van der Waals surface area contributed by atoms with Crippen LogP contribution in [0.15, 0.2) is 10.3 Å². The Bertz CT molecular complexity index is 485. The summed E-state index contributed by atoms with van der Waals surface area (Å²) >= 11 is 1.03. The van der Waals surface area contributed by atoms with Gasteiger partial charge in [0.25, 0.3) is 9.05 Å². The maximum atomic E-state index is 11.7. The highest BCUT2D eigenvalue weighted by Gasteiger charge is 2.21. The van der Waals surface area contributed by atoms with E-state index in [0.29, 0.717) is 10.4 Å². The number of Topliss-reactive ketones (excluding diaryl/α,β-unsaturated/α-hetero) is 1. The van der Waals surface area contributed by atoms with Gasteiger partial charge in [-0.25, -0.2) is 8.42 Å². The van der Waals surface area contributed by atoms with Gasteiger partial charge in [-0.3, -0.25) is 4.79 Å². The van der Waals surface area contributed by atoms with Crippen molar-refractivity contribution in [1.29, 1.82) is 0 Å². The summed E-state index contributed by atoms with van der Waals surface area (Å²) in [5.74, 6) is -0.209. The number of hydrogen-bond donors (Lipinski definition) is 0. The highest BCUT2D eigenvalue weighted by Crippen LogP contribution is 2.29. The van der Waals surface area contributed by atoms with Gasteiger partial charge >= 0.3 is 0 Å². The number of halogens is 1. The molecule has 0 spiro atoms. The summed E-state index contributed by atoms with van der Waals surface area (Å²) in [4.78, 5) is 12.4. The zero-order valence-corrected chi connectivity index (χ0v) is 11.0. The molecule has 0 aromatic carbocycles. The highest BCUT2D eigenvalue weighted by molar-refractivity contribution is 8.15. The van der Waals surface area contributed by atoms with E-state index in [0.717, 1.165) is 11.3 Å². The second kappa shape index (κ2) is 4.23. The fourth-order valence-electron chi connectivity index (χ4n) is 1.13. The van der Waals surface area contributed by atoms with Crippen LogP contribution in [0.1, 0.15) is 29.1 Å². The summed E-state index contributed by atoms with van der Waals surface area (Å²) in [5.41, 5.74) is 0.453. The molecule has 0 aliphatic heterocycles. The molecule has 0 bridgehead atoms. The minimum absolute atomic E-state index is 0.0330. The first kappa shape index (κ1) is 12.7. The predicted octanol–water partition coefficient (Wildman–Crippen LogP) is 2.82. The minimum atomic E-state index is -3.73. The molecule has 0 fully saturated rings. The topological polar surface area (TPSA) is 51.2 Å². The first-order valence-corrected chi connectivity index (χ1v) is 7.45. The van der Waals surface area contributed by atoms with Crippen LogP contribution in [0, 0.1) is 12.8 Å². The maximum absolute atomic E-state index is 11.7. The van der Waals surface area contributed by atoms with Crippen LogP contribution in [0.5, 0.6) is 0 Å². The second-order valence-corrected chi connectivity index (χ2v) is 7.54. The van der Waals surface area contributed by atoms with E-state index in [1.165, 1.54) is 6.07 Å². The van der Waals surface area contributed by atoms with Crippen LogP contribution >= 0.6 is 22.0 Å². The molecule has 0 radical (unpaired) electrons. The molecular weight excluding hydrogens is 256 g/mol. The Morgan fingerprint density at radius 1 is 1.47 bits per heavy atom. The SMILES string of the molecule is Cc1sc(S(=O)(=O)Cl)cc1C(=O)C(C)C. The Labute approximate surface area is 97.5 Å². The highest BCUT2D eigenvalue weighted by atomic mass is 35.7. The van der Waals surface area contributed by atoms with Crippen LogP contribution in [0.2, 0.25) is 0 Å². The minimum Gasteiger partial charge on any atom is -0.294 e. The number of thiophene rings is 1. The maximum Gasteiger partial charge on any atom is 0.270 e. The smallest absolute Gasteiger partial charge is 0.270 e. The van der Waals surface area contributed by atoms with Gasteiger partial charge in [0.2, 0.25) is 0 Å². The van der Waals surface area contributed by atoms with Gasteiger partial charge in [0.1, 0.15) is 4.21 Å². The first-order valence-electron chi connectivity index (χ1n) is 4.32. The molecule has 0 aliphatic rings. The van der Waals surface area contributed by atoms with Crippen molar-refractivity contribution in [2.24, 2.45) is 5.92 Å². The lowest BCUT2D eigenvalue weighted by molar-refractivity contribution is 0.0939. The van der Waals surface area contributed by atoms with Gasteiger partial charge < -0.3 is 0 Å². The van der Waals surface area contributed by atoms with E-state index in [-0.39, 0.29) is 15.9 Å². The number of hydrogen-bond acceptors (Lipinski definition) is 4. The molecule has 0 aliphatic carbocycles. The normalized spacial score (nSPS) is 12.1. The van der Waals surface area contributed by atoms with Crippen molar-refractivity contribution in [3.05, 3.63) is 16.5 Å². The molecule has 0 N–H and O–H groups in total. The molecule has 0 atom stereocenters. The van der Waals surface area contributed by atoms with Crippen molar-refractivity contribution in [2.75, 3.05) is 0 Å². The average Bonchev–Trinajstić information content (AvgIpc) is 2.45. The molecule has 3 nitrogen and oxygen atoms in total. The molecule has 6 heteroatoms. The van der Waals surface area contributed by atoms with Crippen molar-refractivity contribution < 1.29 is 13.2 Å². The number of aryl methyl sites for hydroxylation is 1. The van der Waals surface area contributed by atoms with Crippen molar-refractivity contribution in [2.45, 2.75) is 25.0 Å². The number of rotatable bonds is 3. The molecule has 0 amide bonds. The molecule has 0 saturated heterocycles. The standard InChI is InChI=1S/C9H11ClO3S2/c1-5(2)9(11)7-4-8(14-6(7)3)15(10,12)13/h4-5H,1-3H3. The molecule has 1 aromatic rings. The first-order chi connectivity index (χ1) is 6.73. The average molecular weight is 267 g/mol. The number of ketones is 1. The summed E-state index contributed by atoms with van der Waals surface area (Å²) in [7, 11) is 1.47. The third kappa shape index (κ3) is 2.80. The predicted molar refractivity (Wildman–Crippen MR) is 61.3 cm³/mol. The molecular formula is C9H11ClO3S2. The number of carbonyl (C=O) groups excluding carboxylic acids is 1. The van der Waals surface area contributed by atoms with E-state index in [1.807, 2.05) is 0 Å². The van der Waals surface area contributed by atoms with Crippen molar-refractivity contribution in [3.8, 4) is 0 Å². The summed E-state index contributed by atoms with van der Waals surface area (Å²) in [5, 5.41) is 0. The quantitative estimate of drug-likeness (QED) is 0.624. The summed E-state index contributed by atoms with van der Waals surface area (Å²) < 4.78 is 22.1. The van der Waals surface area contributed by atoms with Crippen molar-refractivity contribution >= 4 is 36.9 Å². The van der Waals surface area contributed by atoms with Gasteiger partial charge in [-0.2, -0.15) is 0 Å². The van der Waals surface area contributed by atoms with Gasteiger partial charge in [0.05, 0.1) is 0 Å². The monoisotopic (exact) mass is 266 g/mol. The summed E-state index contributed by atoms with van der Waals surface area (Å²) in [6.45, 7) is 5.26. The molecule has 1 aromatic heterocycles. The third-order valence-electron chi connectivity index (χ3n) is 1.93. The third-order valence-corrected chi connectivity index (χ3v) is 5.05. The molecule has 15 heavy (non-hydrogen) atoms. The molecule has 1 rings (SSSR count). The van der Waals surface area contributed by atoms with Crippen LogP contribution in [0.4, 0.5) is 0 Å². The summed E-state index contributed by atoms with van der Waals surface area (Å²) in [6.07, 6.45) is 0. The van der Waals surface area contributed by atoms with E-state index >= 15 is 0 Å². The van der Waals surface area contributed by atoms with Crippen LogP contribution in [0.25, 0.3) is 0 Å². The molecule has 0 saturated carbocycles. The van der Waals surface area contributed by atoms with Crippen LogP contribution < -0.4 is 0 Å². The van der Waals surface area contributed by atoms with E-state index in [9.17, 15) is 13.2 Å². The van der Waals surface area contributed by atoms with Gasteiger partial charge in [-0.15, -0.1) is 11.3 Å². The largest absolute Gasteiger partial charge is 0.294 e. The zero-order valence-electron chi connectivity index (χ0n) is 8.57. The van der Waals surface area contributed by atoms with E-state index in [4.69, 9.17) is 10.7 Å². The van der Waals surface area contributed by atoms with E-state index in [1.54, 1.807) is 20.8 Å². The zero-order chi connectivity index (χ0) is 11.8. The second-order valence-electron chi connectivity index (χ2n) is 3.49. The molecule has 1 heterocycles. The van der Waals surface area contributed by atoms with E-state index < -0.39 is 9.05 Å². The van der Waals surface area contributed by atoms with Gasteiger partial charge in [0.15, 0.2) is 5.78 Å². The Morgan fingerprint density at radius 2 is 2.00 bits per heavy atom. The fourth-order valence-corrected chi connectivity index (χ4v) is 3.33. The van der Waals surface area contributed by atoms with E-state index in [2.05, 4.69) is 0 Å². The lowest BCUT2D eigenvalue weighted by Gasteiger charge is -2.01. The van der Waals surface area contributed by atoms with Crippen molar-refractivity contribution in [3.63, 3.8) is 0 Å². The Balaban J connectivity index is 3.25. The van der Waals surface area contributed by atoms with Gasteiger partial charge in [-0.1, -0.05) is 13.8 Å². The van der Waals surface area contributed by atoms with Crippen LogP contribution in [-0.4, -0.2) is 14.2 Å². The summed E-state index contributed by atoms with van der Waals surface area (Å²) in [6, 6.07) is 1.35. The molecule has 84 valence electrons. The van der Waals surface area contributed by atoms with Crippen molar-refractivity contribution in [1.82, 2.24) is 0 Å². The lowest BCUT2D eigenvalue weighted by Crippen LogP contribution is -2.07. The fraction of sp³-hybridized carbons (Fsp3) is 0.444. The van der Waals surface area contributed by atoms with Crippen LogP contribution in [-0.2, 0) is 9.05 Å². The molecule has 0 unspecified atom stereocenters. The number of carbonyl (C=O) groups is 1. The Kier molecular flexibility index (Phi) is 3.58. The Morgan fingerprint density at radius 3 is 2.33 bits per heavy atom.